The number of aryl methyl sites for hydroxylation is 2. The molecule has 6 heteroatoms. The van der Waals surface area contributed by atoms with Crippen molar-refractivity contribution >= 4 is 17.6 Å². The van der Waals surface area contributed by atoms with E-state index in [1.54, 1.807) is 9.58 Å². The predicted molar refractivity (Wildman–Crippen MR) is 122 cm³/mol. The number of carbonyl (C=O) groups is 2. The van der Waals surface area contributed by atoms with Gasteiger partial charge in [0.05, 0.1) is 17.9 Å². The summed E-state index contributed by atoms with van der Waals surface area (Å²) in [5.74, 6) is 0.567. The largest absolute Gasteiger partial charge is 0.333 e. The van der Waals surface area contributed by atoms with Gasteiger partial charge in [-0.25, -0.2) is 4.68 Å². The van der Waals surface area contributed by atoms with Crippen LogP contribution in [0.3, 0.4) is 0 Å². The molecule has 0 bridgehead atoms. The average Bonchev–Trinajstić information content (AvgIpc) is 3.57. The Morgan fingerprint density at radius 1 is 1.06 bits per heavy atom. The maximum absolute atomic E-state index is 13.0. The second kappa shape index (κ2) is 8.76. The number of amides is 2. The van der Waals surface area contributed by atoms with E-state index in [0.717, 1.165) is 40.9 Å². The van der Waals surface area contributed by atoms with E-state index in [9.17, 15) is 9.59 Å². The Kier molecular flexibility index (Phi) is 5.89. The molecule has 1 saturated carbocycles. The second-order valence-corrected chi connectivity index (χ2v) is 8.05. The van der Waals surface area contributed by atoms with Gasteiger partial charge in [0.2, 0.25) is 11.8 Å². The van der Waals surface area contributed by atoms with Crippen molar-refractivity contribution in [2.45, 2.75) is 33.6 Å². The van der Waals surface area contributed by atoms with E-state index in [1.807, 2.05) is 75.4 Å². The van der Waals surface area contributed by atoms with Crippen LogP contribution in [0, 0.1) is 19.8 Å². The molecule has 2 amide bonds. The molecule has 1 aliphatic carbocycles. The van der Waals surface area contributed by atoms with E-state index in [4.69, 9.17) is 5.10 Å². The minimum Gasteiger partial charge on any atom is -0.333 e. The molecule has 4 rings (SSSR count). The van der Waals surface area contributed by atoms with Crippen LogP contribution < -0.4 is 5.32 Å². The SMILES string of the molecule is CCN(CC(=O)Nc1c(-c2ccccc2)c(C)nn1-c1ccccc1C)C(=O)C1CC1. The van der Waals surface area contributed by atoms with Crippen molar-refractivity contribution < 1.29 is 9.59 Å². The summed E-state index contributed by atoms with van der Waals surface area (Å²) in [6.45, 7) is 6.43. The molecule has 1 fully saturated rings. The highest BCUT2D eigenvalue weighted by atomic mass is 16.2. The molecule has 0 spiro atoms. The number of hydrogen-bond donors (Lipinski definition) is 1. The van der Waals surface area contributed by atoms with Crippen LogP contribution in [0.5, 0.6) is 0 Å². The first-order valence-corrected chi connectivity index (χ1v) is 10.8. The van der Waals surface area contributed by atoms with E-state index >= 15 is 0 Å². The fourth-order valence-corrected chi connectivity index (χ4v) is 3.85. The first-order valence-electron chi connectivity index (χ1n) is 10.8. The Bertz CT molecular complexity index is 1100. The fourth-order valence-electron chi connectivity index (χ4n) is 3.85. The number of carbonyl (C=O) groups excluding carboxylic acids is 2. The summed E-state index contributed by atoms with van der Waals surface area (Å²) in [5, 5.41) is 7.84. The van der Waals surface area contributed by atoms with Gasteiger partial charge in [0.15, 0.2) is 0 Å². The Morgan fingerprint density at radius 3 is 2.39 bits per heavy atom. The van der Waals surface area contributed by atoms with E-state index < -0.39 is 0 Å². The van der Waals surface area contributed by atoms with Crippen LogP contribution in [0.15, 0.2) is 54.6 Å². The molecular formula is C25H28N4O2. The summed E-state index contributed by atoms with van der Waals surface area (Å²) in [7, 11) is 0. The van der Waals surface area contributed by atoms with Crippen LogP contribution in [0.1, 0.15) is 31.0 Å². The monoisotopic (exact) mass is 416 g/mol. The molecule has 0 saturated heterocycles. The maximum atomic E-state index is 13.0. The number of nitrogens with zero attached hydrogens (tertiary/aromatic N) is 3. The number of rotatable bonds is 7. The molecule has 1 heterocycles. The number of hydrogen-bond acceptors (Lipinski definition) is 3. The lowest BCUT2D eigenvalue weighted by molar-refractivity contribution is -0.135. The summed E-state index contributed by atoms with van der Waals surface area (Å²) in [4.78, 5) is 27.2. The van der Waals surface area contributed by atoms with Gasteiger partial charge in [-0.05, 0) is 50.8 Å². The van der Waals surface area contributed by atoms with Crippen LogP contribution in [0.4, 0.5) is 5.82 Å². The van der Waals surface area contributed by atoms with Crippen molar-refractivity contribution in [1.29, 1.82) is 0 Å². The van der Waals surface area contributed by atoms with Crippen LogP contribution in [0.25, 0.3) is 16.8 Å². The van der Waals surface area contributed by atoms with E-state index in [1.165, 1.54) is 0 Å². The zero-order valence-electron chi connectivity index (χ0n) is 18.3. The first kappa shape index (κ1) is 20.8. The Hall–Kier alpha value is -3.41. The summed E-state index contributed by atoms with van der Waals surface area (Å²) in [6.07, 6.45) is 1.85. The van der Waals surface area contributed by atoms with E-state index in [-0.39, 0.29) is 24.3 Å². The third-order valence-electron chi connectivity index (χ3n) is 5.68. The van der Waals surface area contributed by atoms with Gasteiger partial charge in [-0.15, -0.1) is 0 Å². The Labute approximate surface area is 182 Å². The van der Waals surface area contributed by atoms with Crippen molar-refractivity contribution in [3.63, 3.8) is 0 Å². The lowest BCUT2D eigenvalue weighted by Crippen LogP contribution is -2.39. The molecular weight excluding hydrogens is 388 g/mol. The van der Waals surface area contributed by atoms with Crippen LogP contribution >= 0.6 is 0 Å². The summed E-state index contributed by atoms with van der Waals surface area (Å²) < 4.78 is 1.80. The lowest BCUT2D eigenvalue weighted by atomic mass is 10.1. The molecule has 0 aliphatic heterocycles. The Morgan fingerprint density at radius 2 is 1.74 bits per heavy atom. The number of likely N-dealkylation sites (N-methyl/N-ethyl adjacent to an activating group) is 1. The first-order chi connectivity index (χ1) is 15.0. The molecule has 0 unspecified atom stereocenters. The highest BCUT2D eigenvalue weighted by Crippen LogP contribution is 2.34. The third kappa shape index (κ3) is 4.38. The van der Waals surface area contributed by atoms with Gasteiger partial charge in [-0.3, -0.25) is 9.59 Å². The van der Waals surface area contributed by atoms with Gasteiger partial charge in [0.25, 0.3) is 0 Å². The fraction of sp³-hybridized carbons (Fsp3) is 0.320. The van der Waals surface area contributed by atoms with Crippen molar-refractivity contribution in [2.24, 2.45) is 5.92 Å². The number of nitrogens with one attached hydrogen (secondary N) is 1. The molecule has 2 aromatic carbocycles. The van der Waals surface area contributed by atoms with Gasteiger partial charge in [0.1, 0.15) is 5.82 Å². The van der Waals surface area contributed by atoms with Gasteiger partial charge in [0, 0.05) is 18.0 Å². The van der Waals surface area contributed by atoms with Gasteiger partial charge < -0.3 is 10.2 Å². The normalized spacial score (nSPS) is 13.1. The number of anilines is 1. The summed E-state index contributed by atoms with van der Waals surface area (Å²) in [6, 6.07) is 17.9. The average molecular weight is 417 g/mol. The van der Waals surface area contributed by atoms with Crippen molar-refractivity contribution in [2.75, 3.05) is 18.4 Å². The molecule has 6 nitrogen and oxygen atoms in total. The number of para-hydroxylation sites is 1. The zero-order chi connectivity index (χ0) is 22.0. The maximum Gasteiger partial charge on any atom is 0.245 e. The van der Waals surface area contributed by atoms with Crippen molar-refractivity contribution in [3.8, 4) is 16.8 Å². The molecule has 0 atom stereocenters. The third-order valence-corrected chi connectivity index (χ3v) is 5.68. The van der Waals surface area contributed by atoms with Gasteiger partial charge in [-0.1, -0.05) is 48.5 Å². The quantitative estimate of drug-likeness (QED) is 0.623. The van der Waals surface area contributed by atoms with Gasteiger partial charge in [-0.2, -0.15) is 5.10 Å². The smallest absolute Gasteiger partial charge is 0.245 e. The molecule has 1 aromatic heterocycles. The van der Waals surface area contributed by atoms with Crippen molar-refractivity contribution in [3.05, 3.63) is 65.9 Å². The van der Waals surface area contributed by atoms with Crippen molar-refractivity contribution in [1.82, 2.24) is 14.7 Å². The lowest BCUT2D eigenvalue weighted by Gasteiger charge is -2.21. The highest BCUT2D eigenvalue weighted by Gasteiger charge is 2.33. The van der Waals surface area contributed by atoms with E-state index in [2.05, 4.69) is 5.32 Å². The highest BCUT2D eigenvalue weighted by molar-refractivity contribution is 5.98. The zero-order valence-corrected chi connectivity index (χ0v) is 18.3. The topological polar surface area (TPSA) is 67.2 Å². The summed E-state index contributed by atoms with van der Waals surface area (Å²) >= 11 is 0. The van der Waals surface area contributed by atoms with Crippen LogP contribution in [0.2, 0.25) is 0 Å². The molecule has 1 aliphatic rings. The minimum atomic E-state index is -0.220. The second-order valence-electron chi connectivity index (χ2n) is 8.05. The molecule has 160 valence electrons. The molecule has 31 heavy (non-hydrogen) atoms. The summed E-state index contributed by atoms with van der Waals surface area (Å²) in [5.41, 5.74) is 4.65. The van der Waals surface area contributed by atoms with E-state index in [0.29, 0.717) is 12.4 Å². The van der Waals surface area contributed by atoms with Gasteiger partial charge >= 0.3 is 0 Å². The number of aromatic nitrogens is 2. The molecule has 0 radical (unpaired) electrons. The minimum absolute atomic E-state index is 0.0397. The van der Waals surface area contributed by atoms with Crippen LogP contribution in [-0.2, 0) is 9.59 Å². The number of benzene rings is 2. The standard InChI is InChI=1S/C25H28N4O2/c1-4-28(25(31)20-14-15-20)16-22(30)26-24-23(19-11-6-5-7-12-19)18(3)27-29(24)21-13-9-8-10-17(21)2/h5-13,20H,4,14-16H2,1-3H3,(H,26,30). The molecule has 3 aromatic rings. The predicted octanol–water partition coefficient (Wildman–Crippen LogP) is 4.35. The molecule has 1 N–H and O–H groups in total. The Balaban J connectivity index is 1.71. The van der Waals surface area contributed by atoms with Crippen LogP contribution in [-0.4, -0.2) is 39.6 Å².